The summed E-state index contributed by atoms with van der Waals surface area (Å²) < 4.78 is 5.76. The highest BCUT2D eigenvalue weighted by Crippen LogP contribution is 2.34. The molecule has 2 rings (SSSR count). The van der Waals surface area contributed by atoms with Crippen molar-refractivity contribution in [3.63, 3.8) is 0 Å². The van der Waals surface area contributed by atoms with E-state index in [1.54, 1.807) is 18.2 Å². The van der Waals surface area contributed by atoms with Crippen molar-refractivity contribution in [1.29, 1.82) is 0 Å². The summed E-state index contributed by atoms with van der Waals surface area (Å²) in [6.45, 7) is 2.68. The van der Waals surface area contributed by atoms with Crippen molar-refractivity contribution in [3.8, 4) is 11.5 Å². The monoisotopic (exact) mass is 295 g/mol. The van der Waals surface area contributed by atoms with Crippen LogP contribution in [0, 0.1) is 6.92 Å². The first-order valence-corrected chi connectivity index (χ1v) is 6.79. The molecule has 0 saturated carbocycles. The summed E-state index contributed by atoms with van der Waals surface area (Å²) in [5.41, 5.74) is 7.95. The number of nitrogens with two attached hydrogens (primary N) is 1. The van der Waals surface area contributed by atoms with Crippen LogP contribution >= 0.6 is 23.2 Å². The molecule has 0 saturated heterocycles. The van der Waals surface area contributed by atoms with Gasteiger partial charge in [-0.15, -0.1) is 0 Å². The highest BCUT2D eigenvalue weighted by atomic mass is 35.5. The number of benzene rings is 2. The quantitative estimate of drug-likeness (QED) is 0.895. The van der Waals surface area contributed by atoms with E-state index in [9.17, 15) is 0 Å². The summed E-state index contributed by atoms with van der Waals surface area (Å²) in [7, 11) is 0. The molecule has 0 heterocycles. The van der Waals surface area contributed by atoms with Crippen LogP contribution in [0.4, 0.5) is 0 Å². The molecule has 0 spiro atoms. The summed E-state index contributed by atoms with van der Waals surface area (Å²) in [4.78, 5) is 0. The largest absolute Gasteiger partial charge is 0.456 e. The van der Waals surface area contributed by atoms with Crippen LogP contribution in [0.2, 0.25) is 10.0 Å². The van der Waals surface area contributed by atoms with E-state index >= 15 is 0 Å². The topological polar surface area (TPSA) is 35.2 Å². The first-order valence-electron chi connectivity index (χ1n) is 6.03. The second-order valence-electron chi connectivity index (χ2n) is 4.28. The minimum Gasteiger partial charge on any atom is -0.456 e. The fourth-order valence-electron chi connectivity index (χ4n) is 1.86. The van der Waals surface area contributed by atoms with E-state index in [-0.39, 0.29) is 0 Å². The van der Waals surface area contributed by atoms with Crippen LogP contribution < -0.4 is 10.5 Å². The van der Waals surface area contributed by atoms with Crippen LogP contribution in [-0.2, 0) is 6.42 Å². The van der Waals surface area contributed by atoms with Gasteiger partial charge in [0.15, 0.2) is 0 Å². The van der Waals surface area contributed by atoms with Crippen LogP contribution in [0.15, 0.2) is 36.4 Å². The average molecular weight is 296 g/mol. The van der Waals surface area contributed by atoms with Gasteiger partial charge in [0.05, 0.1) is 5.02 Å². The van der Waals surface area contributed by atoms with Crippen molar-refractivity contribution >= 4 is 23.2 Å². The van der Waals surface area contributed by atoms with Crippen molar-refractivity contribution in [2.24, 2.45) is 5.73 Å². The smallest absolute Gasteiger partial charge is 0.147 e. The Labute approximate surface area is 123 Å². The van der Waals surface area contributed by atoms with Gasteiger partial charge >= 0.3 is 0 Å². The van der Waals surface area contributed by atoms with Gasteiger partial charge in [0.2, 0.25) is 0 Å². The van der Waals surface area contributed by atoms with Gasteiger partial charge in [-0.25, -0.2) is 0 Å². The molecule has 0 atom stereocenters. The second kappa shape index (κ2) is 6.29. The highest BCUT2D eigenvalue weighted by molar-refractivity contribution is 6.42. The Hall–Kier alpha value is -1.22. The van der Waals surface area contributed by atoms with Gasteiger partial charge in [0.1, 0.15) is 16.5 Å². The number of aryl methyl sites for hydroxylation is 1. The van der Waals surface area contributed by atoms with E-state index in [1.807, 2.05) is 25.1 Å². The molecule has 0 unspecified atom stereocenters. The SMILES string of the molecule is Cc1cc(Oc2cccc(Cl)c2Cl)ccc1CCN. The van der Waals surface area contributed by atoms with E-state index in [2.05, 4.69) is 0 Å². The first kappa shape index (κ1) is 14.2. The predicted molar refractivity (Wildman–Crippen MR) is 80.5 cm³/mol. The Morgan fingerprint density at radius 1 is 1.16 bits per heavy atom. The van der Waals surface area contributed by atoms with E-state index in [4.69, 9.17) is 33.7 Å². The third kappa shape index (κ3) is 3.41. The first-order chi connectivity index (χ1) is 9.11. The summed E-state index contributed by atoms with van der Waals surface area (Å²) in [5.74, 6) is 1.29. The van der Waals surface area contributed by atoms with Gasteiger partial charge in [0.25, 0.3) is 0 Å². The maximum atomic E-state index is 6.09. The molecular weight excluding hydrogens is 281 g/mol. The lowest BCUT2D eigenvalue weighted by Crippen LogP contribution is -2.04. The summed E-state index contributed by atoms with van der Waals surface area (Å²) in [5, 5.41) is 0.906. The molecule has 0 aliphatic heterocycles. The number of ether oxygens (including phenoxy) is 1. The van der Waals surface area contributed by atoms with Crippen molar-refractivity contribution in [1.82, 2.24) is 0 Å². The van der Waals surface area contributed by atoms with Crippen molar-refractivity contribution in [2.45, 2.75) is 13.3 Å². The van der Waals surface area contributed by atoms with Crippen LogP contribution in [0.5, 0.6) is 11.5 Å². The van der Waals surface area contributed by atoms with Crippen molar-refractivity contribution in [2.75, 3.05) is 6.54 Å². The molecule has 2 aromatic carbocycles. The van der Waals surface area contributed by atoms with Gasteiger partial charge in [0, 0.05) is 0 Å². The zero-order valence-electron chi connectivity index (χ0n) is 10.6. The van der Waals surface area contributed by atoms with Crippen LogP contribution in [-0.4, -0.2) is 6.54 Å². The maximum absolute atomic E-state index is 6.09. The number of halogens is 2. The molecule has 0 aliphatic carbocycles. The minimum absolute atomic E-state index is 0.424. The van der Waals surface area contributed by atoms with E-state index in [0.717, 1.165) is 17.7 Å². The van der Waals surface area contributed by atoms with E-state index in [0.29, 0.717) is 22.3 Å². The molecule has 2 N–H and O–H groups in total. The molecule has 4 heteroatoms. The molecule has 19 heavy (non-hydrogen) atoms. The molecule has 0 amide bonds. The lowest BCUT2D eigenvalue weighted by atomic mass is 10.1. The molecule has 0 fully saturated rings. The molecule has 0 aromatic heterocycles. The van der Waals surface area contributed by atoms with Gasteiger partial charge < -0.3 is 10.5 Å². The maximum Gasteiger partial charge on any atom is 0.147 e. The molecular formula is C15H15Cl2NO. The lowest BCUT2D eigenvalue weighted by Gasteiger charge is -2.11. The summed E-state index contributed by atoms with van der Waals surface area (Å²) in [6, 6.07) is 11.2. The van der Waals surface area contributed by atoms with Crippen LogP contribution in [0.1, 0.15) is 11.1 Å². The molecule has 0 aliphatic rings. The molecule has 2 aromatic rings. The third-order valence-corrected chi connectivity index (χ3v) is 3.67. The zero-order valence-corrected chi connectivity index (χ0v) is 12.1. The Balaban J connectivity index is 2.24. The van der Waals surface area contributed by atoms with Gasteiger partial charge in [-0.2, -0.15) is 0 Å². The Bertz CT molecular complexity index is 584. The fourth-order valence-corrected chi connectivity index (χ4v) is 2.19. The number of hydrogen-bond donors (Lipinski definition) is 1. The molecule has 2 nitrogen and oxygen atoms in total. The predicted octanol–water partition coefficient (Wildman–Crippen LogP) is 4.60. The Morgan fingerprint density at radius 3 is 2.63 bits per heavy atom. The van der Waals surface area contributed by atoms with Crippen LogP contribution in [0.25, 0.3) is 0 Å². The van der Waals surface area contributed by atoms with Crippen molar-refractivity contribution < 1.29 is 4.74 Å². The average Bonchev–Trinajstić information content (AvgIpc) is 2.38. The second-order valence-corrected chi connectivity index (χ2v) is 5.07. The normalized spacial score (nSPS) is 10.5. The summed E-state index contributed by atoms with van der Waals surface area (Å²) in [6.07, 6.45) is 0.865. The molecule has 0 bridgehead atoms. The third-order valence-electron chi connectivity index (χ3n) is 2.87. The standard InChI is InChI=1S/C15H15Cl2NO/c1-10-9-12(6-5-11(10)7-8-18)19-14-4-2-3-13(16)15(14)17/h2-6,9H,7-8,18H2,1H3. The minimum atomic E-state index is 0.424. The van der Waals surface area contributed by atoms with Crippen LogP contribution in [0.3, 0.4) is 0 Å². The van der Waals surface area contributed by atoms with E-state index in [1.165, 1.54) is 5.56 Å². The molecule has 100 valence electrons. The number of hydrogen-bond acceptors (Lipinski definition) is 2. The van der Waals surface area contributed by atoms with Gasteiger partial charge in [-0.3, -0.25) is 0 Å². The zero-order chi connectivity index (χ0) is 13.8. The Morgan fingerprint density at radius 2 is 1.95 bits per heavy atom. The fraction of sp³-hybridized carbons (Fsp3) is 0.200. The van der Waals surface area contributed by atoms with Gasteiger partial charge in [-0.05, 0) is 55.3 Å². The number of rotatable bonds is 4. The highest BCUT2D eigenvalue weighted by Gasteiger charge is 2.07. The lowest BCUT2D eigenvalue weighted by molar-refractivity contribution is 0.482. The molecule has 0 radical (unpaired) electrons. The van der Waals surface area contributed by atoms with Crippen molar-refractivity contribution in [3.05, 3.63) is 57.6 Å². The summed E-state index contributed by atoms with van der Waals surface area (Å²) >= 11 is 12.0. The van der Waals surface area contributed by atoms with Gasteiger partial charge in [-0.1, -0.05) is 35.3 Å². The van der Waals surface area contributed by atoms with E-state index < -0.39 is 0 Å². The Kier molecular flexibility index (Phi) is 4.70.